The number of aliphatic hydroxyl groups excluding tert-OH is 1. The van der Waals surface area contributed by atoms with E-state index in [1.165, 1.54) is 7.11 Å². The number of benzene rings is 1. The maximum atomic E-state index is 12.9. The molecule has 3 aliphatic carbocycles. The molecule has 2 N–H and O–H groups in total. The molecule has 4 aliphatic rings. The van der Waals surface area contributed by atoms with Crippen molar-refractivity contribution < 1.29 is 23.8 Å². The number of methoxy groups -OCH3 is 1. The summed E-state index contributed by atoms with van der Waals surface area (Å²) in [5.41, 5.74) is 0.389. The number of carbonyl (C=O) groups excluding carboxylic acids is 1. The highest BCUT2D eigenvalue weighted by molar-refractivity contribution is 6.30. The minimum Gasteiger partial charge on any atom is -0.480 e. The topological polar surface area (TPSA) is 93.8 Å². The number of ether oxygens (including phenoxy) is 2. The third kappa shape index (κ3) is 2.84. The highest BCUT2D eigenvalue weighted by Crippen LogP contribution is 2.59. The normalized spacial score (nSPS) is 32.8. The highest BCUT2D eigenvalue weighted by Gasteiger charge is 2.58. The van der Waals surface area contributed by atoms with Gasteiger partial charge in [0.05, 0.1) is 19.4 Å². The van der Waals surface area contributed by atoms with E-state index in [0.717, 1.165) is 25.0 Å². The Morgan fingerprint density at radius 1 is 1.39 bits per heavy atom. The van der Waals surface area contributed by atoms with Crippen LogP contribution in [0.15, 0.2) is 28.8 Å². The van der Waals surface area contributed by atoms with Crippen LogP contribution in [0, 0.1) is 5.92 Å². The molecule has 1 unspecified atom stereocenters. The van der Waals surface area contributed by atoms with Crippen LogP contribution in [0.4, 0.5) is 0 Å². The lowest BCUT2D eigenvalue weighted by atomic mass is 9.75. The lowest BCUT2D eigenvalue weighted by Gasteiger charge is -2.40. The van der Waals surface area contributed by atoms with E-state index in [0.29, 0.717) is 22.3 Å². The standard InChI is InChI=1S/C20H21ClN2O5/c1-26-19-22-9-17(28-19)13-8-20(6-10(13)7-20)23-18(25)16-5-14(24)12-4-11(21)2-3-15(12)27-16/h2-4,9-10,13-14,16,24H,5-8H2,1H3,(H,23,25)/t10?,13?,14-,16+,20?/m1/s1. The minimum atomic E-state index is -0.775. The molecule has 3 atom stereocenters. The average molecular weight is 405 g/mol. The van der Waals surface area contributed by atoms with E-state index in [1.807, 2.05) is 0 Å². The molecule has 1 aromatic carbocycles. The second-order valence-corrected chi connectivity index (χ2v) is 8.46. The molecule has 148 valence electrons. The van der Waals surface area contributed by atoms with Crippen LogP contribution in [0.1, 0.15) is 49.0 Å². The van der Waals surface area contributed by atoms with E-state index in [2.05, 4.69) is 10.3 Å². The maximum Gasteiger partial charge on any atom is 0.393 e. The van der Waals surface area contributed by atoms with Crippen molar-refractivity contribution >= 4 is 17.5 Å². The molecule has 6 rings (SSSR count). The van der Waals surface area contributed by atoms with Gasteiger partial charge in [0.2, 0.25) is 0 Å². The number of rotatable bonds is 4. The van der Waals surface area contributed by atoms with Crippen LogP contribution in [0.2, 0.25) is 5.02 Å². The Morgan fingerprint density at radius 2 is 2.21 bits per heavy atom. The molecule has 0 saturated heterocycles. The quantitative estimate of drug-likeness (QED) is 0.813. The Morgan fingerprint density at radius 3 is 2.96 bits per heavy atom. The molecular weight excluding hydrogens is 384 g/mol. The minimum absolute atomic E-state index is 0.186. The van der Waals surface area contributed by atoms with Crippen molar-refractivity contribution in [3.05, 3.63) is 40.7 Å². The SMILES string of the molecule is COc1ncc(C2CC3(NC(=O)[C@@H]4C[C@@H](O)c5cc(Cl)ccc5O4)CC2C3)o1. The second kappa shape index (κ2) is 6.39. The summed E-state index contributed by atoms with van der Waals surface area (Å²) in [6.07, 6.45) is 3.32. The first-order valence-corrected chi connectivity index (χ1v) is 9.80. The number of aromatic nitrogens is 1. The largest absolute Gasteiger partial charge is 0.480 e. The van der Waals surface area contributed by atoms with E-state index >= 15 is 0 Å². The molecule has 3 saturated carbocycles. The van der Waals surface area contributed by atoms with Gasteiger partial charge in [-0.3, -0.25) is 4.79 Å². The van der Waals surface area contributed by atoms with Crippen molar-refractivity contribution in [1.82, 2.24) is 10.3 Å². The van der Waals surface area contributed by atoms with Gasteiger partial charge < -0.3 is 24.3 Å². The Labute approximate surface area is 167 Å². The average Bonchev–Trinajstić information content (AvgIpc) is 3.34. The molecule has 0 spiro atoms. The molecular formula is C20H21ClN2O5. The van der Waals surface area contributed by atoms with Crippen molar-refractivity contribution in [3.8, 4) is 11.8 Å². The Bertz CT molecular complexity index is 923. The number of carbonyl (C=O) groups is 1. The van der Waals surface area contributed by atoms with Gasteiger partial charge in [-0.2, -0.15) is 4.98 Å². The van der Waals surface area contributed by atoms with Crippen LogP contribution in [0.3, 0.4) is 0 Å². The summed E-state index contributed by atoms with van der Waals surface area (Å²) in [6, 6.07) is 5.06. The Hall–Kier alpha value is -2.25. The van der Waals surface area contributed by atoms with Gasteiger partial charge in [0.25, 0.3) is 5.91 Å². The predicted molar refractivity (Wildman–Crippen MR) is 99.5 cm³/mol. The molecule has 2 aromatic rings. The van der Waals surface area contributed by atoms with Gasteiger partial charge in [-0.05, 0) is 43.4 Å². The molecule has 1 aliphatic heterocycles. The summed E-state index contributed by atoms with van der Waals surface area (Å²) in [5.74, 6) is 1.83. The summed E-state index contributed by atoms with van der Waals surface area (Å²) in [4.78, 5) is 17.0. The van der Waals surface area contributed by atoms with E-state index in [4.69, 9.17) is 25.5 Å². The van der Waals surface area contributed by atoms with Crippen LogP contribution in [-0.4, -0.2) is 34.8 Å². The van der Waals surface area contributed by atoms with Crippen molar-refractivity contribution in [3.63, 3.8) is 0 Å². The molecule has 1 amide bonds. The number of amides is 1. The van der Waals surface area contributed by atoms with Gasteiger partial charge in [0, 0.05) is 28.5 Å². The number of oxazole rings is 1. The van der Waals surface area contributed by atoms with Crippen LogP contribution < -0.4 is 14.8 Å². The molecule has 2 bridgehead atoms. The number of fused-ring (bicyclic) bond motifs is 2. The smallest absolute Gasteiger partial charge is 0.393 e. The zero-order valence-electron chi connectivity index (χ0n) is 15.4. The van der Waals surface area contributed by atoms with Gasteiger partial charge in [0.1, 0.15) is 11.5 Å². The summed E-state index contributed by atoms with van der Waals surface area (Å²) in [6.45, 7) is 0. The zero-order chi connectivity index (χ0) is 19.5. The van der Waals surface area contributed by atoms with Crippen molar-refractivity contribution in [1.29, 1.82) is 0 Å². The number of nitrogens with one attached hydrogen (secondary N) is 1. The number of hydrogen-bond donors (Lipinski definition) is 2. The second-order valence-electron chi connectivity index (χ2n) is 8.02. The zero-order valence-corrected chi connectivity index (χ0v) is 16.1. The highest BCUT2D eigenvalue weighted by atomic mass is 35.5. The van der Waals surface area contributed by atoms with Gasteiger partial charge in [0.15, 0.2) is 6.10 Å². The van der Waals surface area contributed by atoms with Crippen LogP contribution in [0.25, 0.3) is 0 Å². The summed E-state index contributed by atoms with van der Waals surface area (Å²) < 4.78 is 16.5. The number of halogens is 1. The molecule has 8 heteroatoms. The summed E-state index contributed by atoms with van der Waals surface area (Å²) in [5, 5.41) is 14.1. The lowest BCUT2D eigenvalue weighted by molar-refractivity contribution is -0.133. The third-order valence-electron chi connectivity index (χ3n) is 6.25. The monoisotopic (exact) mass is 404 g/mol. The summed E-state index contributed by atoms with van der Waals surface area (Å²) in [7, 11) is 1.52. The van der Waals surface area contributed by atoms with Crippen LogP contribution in [-0.2, 0) is 4.79 Å². The van der Waals surface area contributed by atoms with Crippen LogP contribution in [0.5, 0.6) is 11.8 Å². The molecule has 1 aromatic heterocycles. The molecule has 28 heavy (non-hydrogen) atoms. The molecule has 3 fully saturated rings. The summed E-state index contributed by atoms with van der Waals surface area (Å²) >= 11 is 5.99. The van der Waals surface area contributed by atoms with Crippen molar-refractivity contribution in [2.75, 3.05) is 7.11 Å². The van der Waals surface area contributed by atoms with E-state index in [9.17, 15) is 9.90 Å². The Balaban J connectivity index is 1.26. The lowest BCUT2D eigenvalue weighted by Crippen LogP contribution is -2.56. The van der Waals surface area contributed by atoms with Crippen LogP contribution >= 0.6 is 11.6 Å². The number of aliphatic hydroxyl groups is 1. The first kappa shape index (κ1) is 17.8. The molecule has 7 nitrogen and oxygen atoms in total. The third-order valence-corrected chi connectivity index (χ3v) is 6.48. The maximum absolute atomic E-state index is 12.9. The van der Waals surface area contributed by atoms with Gasteiger partial charge in [-0.15, -0.1) is 0 Å². The van der Waals surface area contributed by atoms with Crippen molar-refractivity contribution in [2.24, 2.45) is 5.92 Å². The van der Waals surface area contributed by atoms with Crippen molar-refractivity contribution in [2.45, 2.75) is 49.3 Å². The number of nitrogens with zero attached hydrogens (tertiary/aromatic N) is 1. The molecule has 2 heterocycles. The van der Waals surface area contributed by atoms with E-state index in [1.54, 1.807) is 24.4 Å². The van der Waals surface area contributed by atoms with Gasteiger partial charge >= 0.3 is 6.08 Å². The fourth-order valence-corrected chi connectivity index (χ4v) is 5.11. The predicted octanol–water partition coefficient (Wildman–Crippen LogP) is 2.97. The molecule has 0 radical (unpaired) electrons. The fourth-order valence-electron chi connectivity index (χ4n) is 4.92. The fraction of sp³-hybridized carbons (Fsp3) is 0.500. The van der Waals surface area contributed by atoms with Gasteiger partial charge in [-0.25, -0.2) is 0 Å². The first-order valence-electron chi connectivity index (χ1n) is 9.42. The Kier molecular flexibility index (Phi) is 4.07. The van der Waals surface area contributed by atoms with Gasteiger partial charge in [-0.1, -0.05) is 11.6 Å². The first-order chi connectivity index (χ1) is 13.5. The van der Waals surface area contributed by atoms with E-state index in [-0.39, 0.29) is 29.9 Å². The number of hydrogen-bond acceptors (Lipinski definition) is 6. The van der Waals surface area contributed by atoms with E-state index < -0.39 is 12.2 Å².